The molecule has 0 atom stereocenters. The Morgan fingerprint density at radius 1 is 1.24 bits per heavy atom. The van der Waals surface area contributed by atoms with Gasteiger partial charge in [0.1, 0.15) is 4.90 Å². The molecule has 1 aromatic carbocycles. The van der Waals surface area contributed by atoms with Gasteiger partial charge in [-0.1, -0.05) is 18.2 Å². The van der Waals surface area contributed by atoms with E-state index in [1.165, 1.54) is 6.07 Å². The maximum Gasteiger partial charge on any atom is 0.264 e. The lowest BCUT2D eigenvalue weighted by Crippen LogP contribution is -2.18. The Morgan fingerprint density at radius 3 is 2.48 bits per heavy atom. The number of nitrogens with zero attached hydrogens (tertiary/aromatic N) is 2. The second-order valence-corrected chi connectivity index (χ2v) is 6.11. The summed E-state index contributed by atoms with van der Waals surface area (Å²) >= 11 is 5.52. The highest BCUT2D eigenvalue weighted by atomic mass is 35.5. The lowest BCUT2D eigenvalue weighted by molar-refractivity contribution is -0.117. The predicted octanol–water partition coefficient (Wildman–Crippen LogP) is 0.959. The van der Waals surface area contributed by atoms with E-state index >= 15 is 0 Å². The topological polar surface area (TPSA) is 115 Å². The minimum Gasteiger partial charge on any atom is -0.369 e. The number of carbonyl (C=O) groups excluding carboxylic acids is 1. The third-order valence-corrected chi connectivity index (χ3v) is 4.05. The number of nitrogens with two attached hydrogens (primary N) is 1. The Bertz CT molecular complexity index is 762. The monoisotopic (exact) mass is 326 g/mol. The predicted molar refractivity (Wildman–Crippen MR) is 77.2 cm³/mol. The first-order valence-electron chi connectivity index (χ1n) is 5.75. The molecule has 0 unspecified atom stereocenters. The number of sulfonamides is 1. The van der Waals surface area contributed by atoms with Crippen LogP contribution in [-0.2, 0) is 21.2 Å². The highest BCUT2D eigenvalue weighted by Gasteiger charge is 2.17. The van der Waals surface area contributed by atoms with Crippen molar-refractivity contribution >= 4 is 33.2 Å². The number of rotatable bonds is 5. The Morgan fingerprint density at radius 2 is 1.86 bits per heavy atom. The molecule has 3 N–H and O–H groups in total. The minimum atomic E-state index is -3.87. The van der Waals surface area contributed by atoms with E-state index in [0.29, 0.717) is 5.56 Å². The van der Waals surface area contributed by atoms with E-state index < -0.39 is 15.9 Å². The summed E-state index contributed by atoms with van der Waals surface area (Å²) < 4.78 is 26.8. The Balaban J connectivity index is 2.33. The first-order chi connectivity index (χ1) is 9.88. The fourth-order valence-electron chi connectivity index (χ4n) is 1.60. The van der Waals surface area contributed by atoms with Gasteiger partial charge in [-0.15, -0.1) is 0 Å². The molecule has 0 bridgehead atoms. The Kier molecular flexibility index (Phi) is 4.39. The number of halogens is 1. The molecular weight excluding hydrogens is 316 g/mol. The van der Waals surface area contributed by atoms with E-state index in [0.717, 1.165) is 12.4 Å². The van der Waals surface area contributed by atoms with Gasteiger partial charge in [-0.05, 0) is 23.2 Å². The summed E-state index contributed by atoms with van der Waals surface area (Å²) in [5, 5.41) is -0.0527. The molecule has 0 aliphatic carbocycles. The average molecular weight is 327 g/mol. The van der Waals surface area contributed by atoms with Crippen molar-refractivity contribution in [3.63, 3.8) is 0 Å². The van der Waals surface area contributed by atoms with Crippen molar-refractivity contribution in [1.82, 2.24) is 9.97 Å². The van der Waals surface area contributed by atoms with Gasteiger partial charge in [0.15, 0.2) is 0 Å². The molecular formula is C12H11ClN4O3S. The maximum absolute atomic E-state index is 12.2. The molecule has 0 saturated heterocycles. The van der Waals surface area contributed by atoms with Gasteiger partial charge < -0.3 is 5.73 Å². The fraction of sp³-hybridized carbons (Fsp3) is 0.0833. The van der Waals surface area contributed by atoms with Gasteiger partial charge in [-0.25, -0.2) is 18.4 Å². The molecule has 0 aliphatic rings. The van der Waals surface area contributed by atoms with Crippen LogP contribution in [0.3, 0.4) is 0 Å². The van der Waals surface area contributed by atoms with Gasteiger partial charge in [0, 0.05) is 0 Å². The van der Waals surface area contributed by atoms with Gasteiger partial charge >= 0.3 is 0 Å². The van der Waals surface area contributed by atoms with E-state index in [4.69, 9.17) is 17.3 Å². The summed E-state index contributed by atoms with van der Waals surface area (Å²) in [6.07, 6.45) is 2.11. The Labute approximate surface area is 126 Å². The van der Waals surface area contributed by atoms with Crippen molar-refractivity contribution in [3.05, 3.63) is 47.5 Å². The van der Waals surface area contributed by atoms with Crippen molar-refractivity contribution in [1.29, 1.82) is 0 Å². The zero-order chi connectivity index (χ0) is 15.5. The largest absolute Gasteiger partial charge is 0.369 e. The lowest BCUT2D eigenvalue weighted by Gasteiger charge is -2.11. The molecule has 2 rings (SSSR count). The zero-order valence-corrected chi connectivity index (χ0v) is 12.2. The fourth-order valence-corrected chi connectivity index (χ4v) is 2.69. The van der Waals surface area contributed by atoms with E-state index in [2.05, 4.69) is 14.7 Å². The van der Waals surface area contributed by atoms with Gasteiger partial charge in [-0.3, -0.25) is 9.52 Å². The lowest BCUT2D eigenvalue weighted by atomic mass is 10.1. The molecule has 0 spiro atoms. The number of aromatic nitrogens is 2. The van der Waals surface area contributed by atoms with Crippen LogP contribution in [0.2, 0.25) is 5.28 Å². The number of primary amides is 1. The van der Waals surface area contributed by atoms with Crippen LogP contribution in [0, 0.1) is 0 Å². The zero-order valence-electron chi connectivity index (χ0n) is 10.7. The van der Waals surface area contributed by atoms with Crippen LogP contribution in [0.5, 0.6) is 0 Å². The van der Waals surface area contributed by atoms with E-state index in [-0.39, 0.29) is 22.3 Å². The van der Waals surface area contributed by atoms with Crippen LogP contribution in [0.25, 0.3) is 0 Å². The van der Waals surface area contributed by atoms with Crippen LogP contribution in [0.4, 0.5) is 5.69 Å². The molecule has 0 saturated carbocycles. The molecule has 0 aliphatic heterocycles. The second kappa shape index (κ2) is 6.06. The van der Waals surface area contributed by atoms with Crippen molar-refractivity contribution < 1.29 is 13.2 Å². The highest BCUT2D eigenvalue weighted by Crippen LogP contribution is 2.20. The molecule has 0 radical (unpaired) electrons. The number of anilines is 1. The van der Waals surface area contributed by atoms with Crippen LogP contribution in [-0.4, -0.2) is 24.3 Å². The molecule has 1 heterocycles. The standard InChI is InChI=1S/C12H11ClN4O3S/c13-12-15-6-9(7-16-12)21(19,20)17-10-4-2-1-3-8(10)5-11(14)18/h1-4,6-7,17H,5H2,(H2,14,18). The SMILES string of the molecule is NC(=O)Cc1ccccc1NS(=O)(=O)c1cnc(Cl)nc1. The number of hydrogen-bond acceptors (Lipinski definition) is 5. The van der Waals surface area contributed by atoms with E-state index in [1.54, 1.807) is 18.2 Å². The third-order valence-electron chi connectivity index (χ3n) is 2.53. The van der Waals surface area contributed by atoms with Crippen molar-refractivity contribution in [3.8, 4) is 0 Å². The summed E-state index contributed by atoms with van der Waals surface area (Å²) in [5.74, 6) is -0.559. The minimum absolute atomic E-state index is 0.0527. The molecule has 1 aromatic heterocycles. The van der Waals surface area contributed by atoms with Crippen molar-refractivity contribution in [2.45, 2.75) is 11.3 Å². The molecule has 7 nitrogen and oxygen atoms in total. The summed E-state index contributed by atoms with van der Waals surface area (Å²) in [7, 11) is -3.87. The van der Waals surface area contributed by atoms with Crippen LogP contribution in [0.1, 0.15) is 5.56 Å². The number of nitrogens with one attached hydrogen (secondary N) is 1. The number of benzene rings is 1. The highest BCUT2D eigenvalue weighted by molar-refractivity contribution is 7.92. The molecule has 2 aromatic rings. The maximum atomic E-state index is 12.2. The first-order valence-corrected chi connectivity index (χ1v) is 7.61. The molecule has 21 heavy (non-hydrogen) atoms. The summed E-state index contributed by atoms with van der Waals surface area (Å²) in [4.78, 5) is 18.1. The van der Waals surface area contributed by atoms with Crippen molar-refractivity contribution in [2.75, 3.05) is 4.72 Å². The Hall–Kier alpha value is -2.19. The average Bonchev–Trinajstić information content (AvgIpc) is 2.40. The molecule has 110 valence electrons. The first kappa shape index (κ1) is 15.2. The summed E-state index contributed by atoms with van der Waals surface area (Å²) in [6, 6.07) is 6.47. The van der Waals surface area contributed by atoms with Gasteiger partial charge in [0.2, 0.25) is 11.2 Å². The molecule has 0 fully saturated rings. The number of hydrogen-bond donors (Lipinski definition) is 2. The van der Waals surface area contributed by atoms with E-state index in [1.807, 2.05) is 0 Å². The molecule has 1 amide bonds. The summed E-state index contributed by atoms with van der Waals surface area (Å²) in [5.41, 5.74) is 5.88. The van der Waals surface area contributed by atoms with Gasteiger partial charge in [0.25, 0.3) is 10.0 Å². The van der Waals surface area contributed by atoms with Gasteiger partial charge in [0.05, 0.1) is 24.5 Å². The smallest absolute Gasteiger partial charge is 0.264 e. The quantitative estimate of drug-likeness (QED) is 0.794. The normalized spacial score (nSPS) is 11.1. The number of para-hydroxylation sites is 1. The van der Waals surface area contributed by atoms with Gasteiger partial charge in [-0.2, -0.15) is 0 Å². The summed E-state index contributed by atoms with van der Waals surface area (Å²) in [6.45, 7) is 0. The third kappa shape index (κ3) is 3.89. The van der Waals surface area contributed by atoms with Crippen LogP contribution >= 0.6 is 11.6 Å². The van der Waals surface area contributed by atoms with E-state index in [9.17, 15) is 13.2 Å². The number of carbonyl (C=O) groups is 1. The van der Waals surface area contributed by atoms with Crippen LogP contribution in [0.15, 0.2) is 41.6 Å². The number of amides is 1. The van der Waals surface area contributed by atoms with Crippen LogP contribution < -0.4 is 10.5 Å². The van der Waals surface area contributed by atoms with Crippen molar-refractivity contribution in [2.24, 2.45) is 5.73 Å². The second-order valence-electron chi connectivity index (χ2n) is 4.09. The molecule has 9 heteroatoms.